The SMILES string of the molecule is CCC1CCCCC1OCC(O)CNCC1(CO)CC1. The van der Waals surface area contributed by atoms with Crippen molar-refractivity contribution in [2.45, 2.75) is 64.1 Å². The first-order valence-corrected chi connectivity index (χ1v) is 8.30. The zero-order valence-corrected chi connectivity index (χ0v) is 12.8. The van der Waals surface area contributed by atoms with Crippen LogP contribution in [0.1, 0.15) is 51.9 Å². The molecule has 0 bridgehead atoms. The van der Waals surface area contributed by atoms with E-state index >= 15 is 0 Å². The quantitative estimate of drug-likeness (QED) is 0.603. The third-order valence-corrected chi connectivity index (χ3v) is 5.04. The lowest BCUT2D eigenvalue weighted by Gasteiger charge is -2.31. The Bertz CT molecular complexity index is 281. The maximum Gasteiger partial charge on any atom is 0.0897 e. The van der Waals surface area contributed by atoms with Gasteiger partial charge >= 0.3 is 0 Å². The largest absolute Gasteiger partial charge is 0.396 e. The maximum absolute atomic E-state index is 9.98. The highest BCUT2D eigenvalue weighted by Crippen LogP contribution is 2.44. The van der Waals surface area contributed by atoms with E-state index in [2.05, 4.69) is 12.2 Å². The van der Waals surface area contributed by atoms with Gasteiger partial charge in [-0.25, -0.2) is 0 Å². The van der Waals surface area contributed by atoms with Gasteiger partial charge in [0.1, 0.15) is 0 Å². The van der Waals surface area contributed by atoms with Crippen LogP contribution in [-0.2, 0) is 4.74 Å². The first kappa shape index (κ1) is 16.2. The van der Waals surface area contributed by atoms with Gasteiger partial charge in [0.25, 0.3) is 0 Å². The molecular weight excluding hydrogens is 254 g/mol. The van der Waals surface area contributed by atoms with Crippen molar-refractivity contribution in [1.82, 2.24) is 5.32 Å². The van der Waals surface area contributed by atoms with E-state index in [1.54, 1.807) is 0 Å². The van der Waals surface area contributed by atoms with Crippen LogP contribution in [0.2, 0.25) is 0 Å². The number of ether oxygens (including phenoxy) is 1. The Morgan fingerprint density at radius 3 is 2.70 bits per heavy atom. The molecule has 3 unspecified atom stereocenters. The Hall–Kier alpha value is -0.160. The number of rotatable bonds is 9. The summed E-state index contributed by atoms with van der Waals surface area (Å²) in [4.78, 5) is 0. The van der Waals surface area contributed by atoms with Gasteiger partial charge in [0.05, 0.1) is 18.8 Å². The molecule has 0 aromatic heterocycles. The summed E-state index contributed by atoms with van der Waals surface area (Å²) in [5.74, 6) is 0.674. The predicted molar refractivity (Wildman–Crippen MR) is 79.6 cm³/mol. The van der Waals surface area contributed by atoms with Crippen LogP contribution < -0.4 is 5.32 Å². The lowest BCUT2D eigenvalue weighted by atomic mass is 9.85. The molecule has 2 fully saturated rings. The van der Waals surface area contributed by atoms with Crippen LogP contribution in [0.3, 0.4) is 0 Å². The summed E-state index contributed by atoms with van der Waals surface area (Å²) in [6, 6.07) is 0. The zero-order chi connectivity index (χ0) is 14.4. The van der Waals surface area contributed by atoms with Crippen molar-refractivity contribution >= 4 is 0 Å². The molecule has 0 saturated heterocycles. The van der Waals surface area contributed by atoms with Crippen LogP contribution in [0.4, 0.5) is 0 Å². The third kappa shape index (κ3) is 4.69. The first-order valence-electron chi connectivity index (χ1n) is 8.30. The van der Waals surface area contributed by atoms with Gasteiger partial charge in [-0.05, 0) is 31.6 Å². The zero-order valence-electron chi connectivity index (χ0n) is 12.8. The minimum atomic E-state index is -0.441. The highest BCUT2D eigenvalue weighted by molar-refractivity contribution is 4.94. The molecular formula is C16H31NO3. The summed E-state index contributed by atoms with van der Waals surface area (Å²) in [6.45, 7) is 4.29. The Kier molecular flexibility index (Phi) is 6.27. The van der Waals surface area contributed by atoms with Gasteiger partial charge in [-0.2, -0.15) is 0 Å². The van der Waals surface area contributed by atoms with Crippen LogP contribution >= 0.6 is 0 Å². The molecule has 4 nitrogen and oxygen atoms in total. The Morgan fingerprint density at radius 2 is 2.05 bits per heavy atom. The molecule has 2 aliphatic rings. The molecule has 0 spiro atoms. The van der Waals surface area contributed by atoms with Gasteiger partial charge in [0.2, 0.25) is 0 Å². The van der Waals surface area contributed by atoms with Crippen LogP contribution in [0.25, 0.3) is 0 Å². The molecule has 0 aromatic carbocycles. The Morgan fingerprint density at radius 1 is 1.30 bits per heavy atom. The fraction of sp³-hybridized carbons (Fsp3) is 1.00. The molecule has 2 saturated carbocycles. The second kappa shape index (κ2) is 7.74. The monoisotopic (exact) mass is 285 g/mol. The van der Waals surface area contributed by atoms with E-state index < -0.39 is 6.10 Å². The maximum atomic E-state index is 9.98. The smallest absolute Gasteiger partial charge is 0.0897 e. The highest BCUT2D eigenvalue weighted by Gasteiger charge is 2.41. The molecule has 0 radical (unpaired) electrons. The molecule has 0 aromatic rings. The molecule has 118 valence electrons. The number of hydrogen-bond acceptors (Lipinski definition) is 4. The van der Waals surface area contributed by atoms with Crippen molar-refractivity contribution in [1.29, 1.82) is 0 Å². The second-order valence-electron chi connectivity index (χ2n) is 6.77. The third-order valence-electron chi connectivity index (χ3n) is 5.04. The molecule has 4 heteroatoms. The fourth-order valence-electron chi connectivity index (χ4n) is 3.23. The van der Waals surface area contributed by atoms with E-state index in [1.165, 1.54) is 25.7 Å². The molecule has 0 heterocycles. The van der Waals surface area contributed by atoms with Crippen LogP contribution in [0.5, 0.6) is 0 Å². The van der Waals surface area contributed by atoms with Crippen LogP contribution in [0.15, 0.2) is 0 Å². The van der Waals surface area contributed by atoms with E-state index in [0.717, 1.165) is 25.8 Å². The topological polar surface area (TPSA) is 61.7 Å². The van der Waals surface area contributed by atoms with E-state index in [9.17, 15) is 10.2 Å². The van der Waals surface area contributed by atoms with Crippen molar-refractivity contribution in [2.75, 3.05) is 26.3 Å². The van der Waals surface area contributed by atoms with E-state index in [1.807, 2.05) is 0 Å². The minimum absolute atomic E-state index is 0.108. The number of aliphatic hydroxyl groups is 2. The Labute approximate surface area is 122 Å². The van der Waals surface area contributed by atoms with Gasteiger partial charge < -0.3 is 20.3 Å². The number of nitrogens with one attached hydrogen (secondary N) is 1. The van der Waals surface area contributed by atoms with Crippen molar-refractivity contribution in [2.24, 2.45) is 11.3 Å². The summed E-state index contributed by atoms with van der Waals surface area (Å²) in [5, 5.41) is 22.5. The summed E-state index contributed by atoms with van der Waals surface area (Å²) >= 11 is 0. The van der Waals surface area contributed by atoms with Gasteiger partial charge in [-0.3, -0.25) is 0 Å². The standard InChI is InChI=1S/C16H31NO3/c1-2-13-5-3-4-6-15(13)20-10-14(19)9-17-11-16(12-18)7-8-16/h13-15,17-19H,2-12H2,1H3. The summed E-state index contributed by atoms with van der Waals surface area (Å²) in [6.07, 6.45) is 8.28. The van der Waals surface area contributed by atoms with E-state index in [-0.39, 0.29) is 12.0 Å². The average Bonchev–Trinajstić information content (AvgIpc) is 3.26. The van der Waals surface area contributed by atoms with Gasteiger partial charge in [0.15, 0.2) is 0 Å². The predicted octanol–water partition coefficient (Wildman–Crippen LogP) is 1.69. The normalized spacial score (nSPS) is 30.1. The Balaban J connectivity index is 1.58. The molecule has 0 amide bonds. The summed E-state index contributed by atoms with van der Waals surface area (Å²) < 4.78 is 5.93. The van der Waals surface area contributed by atoms with Crippen LogP contribution in [-0.4, -0.2) is 48.7 Å². The summed E-state index contributed by atoms with van der Waals surface area (Å²) in [5.41, 5.74) is 0.108. The van der Waals surface area contributed by atoms with Crippen molar-refractivity contribution in [3.63, 3.8) is 0 Å². The number of hydrogen-bond donors (Lipinski definition) is 3. The van der Waals surface area contributed by atoms with Gasteiger partial charge in [-0.15, -0.1) is 0 Å². The van der Waals surface area contributed by atoms with Crippen molar-refractivity contribution in [3.8, 4) is 0 Å². The van der Waals surface area contributed by atoms with Crippen LogP contribution in [0, 0.1) is 11.3 Å². The molecule has 3 atom stereocenters. The average molecular weight is 285 g/mol. The minimum Gasteiger partial charge on any atom is -0.396 e. The fourth-order valence-corrected chi connectivity index (χ4v) is 3.23. The summed E-state index contributed by atoms with van der Waals surface area (Å²) in [7, 11) is 0. The van der Waals surface area contributed by atoms with Crippen molar-refractivity contribution < 1.29 is 14.9 Å². The second-order valence-corrected chi connectivity index (χ2v) is 6.77. The van der Waals surface area contributed by atoms with Gasteiger partial charge in [0, 0.05) is 25.1 Å². The molecule has 2 rings (SSSR count). The van der Waals surface area contributed by atoms with Crippen molar-refractivity contribution in [3.05, 3.63) is 0 Å². The van der Waals surface area contributed by atoms with Gasteiger partial charge in [-0.1, -0.05) is 26.2 Å². The van der Waals surface area contributed by atoms with E-state index in [4.69, 9.17) is 4.74 Å². The molecule has 3 N–H and O–H groups in total. The highest BCUT2D eigenvalue weighted by atomic mass is 16.5. The number of aliphatic hydroxyl groups excluding tert-OH is 2. The first-order chi connectivity index (χ1) is 9.69. The lowest BCUT2D eigenvalue weighted by molar-refractivity contribution is -0.0501. The molecule has 0 aliphatic heterocycles. The molecule has 20 heavy (non-hydrogen) atoms. The lowest BCUT2D eigenvalue weighted by Crippen LogP contribution is -2.37. The van der Waals surface area contributed by atoms with E-state index in [0.29, 0.717) is 25.2 Å². The molecule has 2 aliphatic carbocycles.